The van der Waals surface area contributed by atoms with E-state index in [4.69, 9.17) is 16.6 Å². The molecule has 1 unspecified atom stereocenters. The Labute approximate surface area is 222 Å². The molecular formula is C29H31ClN6O. The van der Waals surface area contributed by atoms with Crippen molar-refractivity contribution < 1.29 is 0 Å². The number of rotatable bonds is 9. The van der Waals surface area contributed by atoms with Crippen LogP contribution in [-0.4, -0.2) is 25.4 Å². The monoisotopic (exact) mass is 514 g/mol. The lowest BCUT2D eigenvalue weighted by molar-refractivity contribution is 0.716. The fourth-order valence-corrected chi connectivity index (χ4v) is 4.38. The number of hydrogen-bond acceptors (Lipinski definition) is 4. The highest BCUT2D eigenvalue weighted by atomic mass is 35.5. The number of imidazole rings is 1. The number of nitrogens with zero attached hydrogens (tertiary/aromatic N) is 4. The number of H-pyrrole nitrogens is 1. The zero-order chi connectivity index (χ0) is 26.4. The molecule has 4 rings (SSSR count). The first kappa shape index (κ1) is 26.1. The minimum Gasteiger partial charge on any atom is -0.347 e. The van der Waals surface area contributed by atoms with E-state index in [0.717, 1.165) is 34.6 Å². The van der Waals surface area contributed by atoms with Gasteiger partial charge in [0.15, 0.2) is 0 Å². The number of hydrogen-bond donors (Lipinski definition) is 2. The lowest BCUT2D eigenvalue weighted by Crippen LogP contribution is -2.29. The number of pyridine rings is 2. The molecule has 1 atom stereocenters. The average Bonchev–Trinajstić information content (AvgIpc) is 3.45. The van der Waals surface area contributed by atoms with Crippen LogP contribution in [0.3, 0.4) is 0 Å². The van der Waals surface area contributed by atoms with E-state index in [2.05, 4.69) is 40.7 Å². The summed E-state index contributed by atoms with van der Waals surface area (Å²) in [5, 5.41) is 3.96. The number of aromatic nitrogens is 4. The van der Waals surface area contributed by atoms with E-state index >= 15 is 0 Å². The fraction of sp³-hybridized carbons (Fsp3) is 0.241. The largest absolute Gasteiger partial charge is 0.347 e. The van der Waals surface area contributed by atoms with Crippen molar-refractivity contribution in [1.29, 1.82) is 0 Å². The minimum atomic E-state index is -0.135. The minimum absolute atomic E-state index is 0.135. The van der Waals surface area contributed by atoms with Crippen molar-refractivity contribution in [2.24, 2.45) is 10.9 Å². The molecule has 0 amide bonds. The maximum Gasteiger partial charge on any atom is 0.260 e. The summed E-state index contributed by atoms with van der Waals surface area (Å²) in [5.74, 6) is 1.63. The molecule has 0 radical (unpaired) electrons. The first-order valence-corrected chi connectivity index (χ1v) is 12.7. The van der Waals surface area contributed by atoms with Gasteiger partial charge in [-0.3, -0.25) is 19.3 Å². The predicted molar refractivity (Wildman–Crippen MR) is 153 cm³/mol. The van der Waals surface area contributed by atoms with Gasteiger partial charge >= 0.3 is 0 Å². The fourth-order valence-electron chi connectivity index (χ4n) is 4.10. The van der Waals surface area contributed by atoms with Gasteiger partial charge in [0.25, 0.3) is 5.56 Å². The van der Waals surface area contributed by atoms with E-state index in [1.807, 2.05) is 43.3 Å². The third-order valence-corrected chi connectivity index (χ3v) is 6.72. The average molecular weight is 515 g/mol. The Hall–Kier alpha value is -3.97. The Balaban J connectivity index is 1.76. The van der Waals surface area contributed by atoms with E-state index in [9.17, 15) is 4.79 Å². The number of aliphatic imine (C=N–C) groups is 1. The molecule has 0 aliphatic heterocycles. The normalized spacial score (nSPS) is 12.4. The molecule has 37 heavy (non-hydrogen) atoms. The molecule has 7 nitrogen and oxygen atoms in total. The molecule has 0 saturated heterocycles. The lowest BCUT2D eigenvalue weighted by atomic mass is 10.00. The van der Waals surface area contributed by atoms with Crippen LogP contribution in [-0.2, 0) is 13.1 Å². The van der Waals surface area contributed by atoms with E-state index < -0.39 is 0 Å². The SMILES string of the molecule is C=Cc1cc(-c2ccc(-c3cccnc3)cc2Cl)c(=O)n(CC)c1NC(=NCc1cnc[nH]1)C(C)CC. The molecular weight excluding hydrogens is 484 g/mol. The number of aromatic amines is 1. The summed E-state index contributed by atoms with van der Waals surface area (Å²) in [5.41, 5.74) is 4.66. The molecule has 0 aliphatic rings. The topological polar surface area (TPSA) is 88.0 Å². The van der Waals surface area contributed by atoms with E-state index in [-0.39, 0.29) is 11.5 Å². The number of amidine groups is 1. The summed E-state index contributed by atoms with van der Waals surface area (Å²) < 4.78 is 1.71. The van der Waals surface area contributed by atoms with Crippen LogP contribution < -0.4 is 10.9 Å². The van der Waals surface area contributed by atoms with Gasteiger partial charge in [0.1, 0.15) is 11.7 Å². The van der Waals surface area contributed by atoms with Gasteiger partial charge in [0, 0.05) is 58.3 Å². The van der Waals surface area contributed by atoms with Crippen molar-refractivity contribution in [2.75, 3.05) is 5.32 Å². The Kier molecular flexibility index (Phi) is 8.36. The molecule has 3 heterocycles. The Morgan fingerprint density at radius 1 is 1.19 bits per heavy atom. The zero-order valence-electron chi connectivity index (χ0n) is 21.3. The van der Waals surface area contributed by atoms with Gasteiger partial charge in [0.05, 0.1) is 18.6 Å². The summed E-state index contributed by atoms with van der Waals surface area (Å²) in [4.78, 5) is 29.9. The van der Waals surface area contributed by atoms with E-state index in [1.54, 1.807) is 35.6 Å². The molecule has 0 aliphatic carbocycles. The smallest absolute Gasteiger partial charge is 0.260 e. The molecule has 1 aromatic carbocycles. The van der Waals surface area contributed by atoms with Crippen molar-refractivity contribution in [3.63, 3.8) is 0 Å². The molecule has 4 aromatic rings. The second kappa shape index (κ2) is 11.8. The van der Waals surface area contributed by atoms with Crippen molar-refractivity contribution >= 4 is 29.3 Å². The maximum absolute atomic E-state index is 13.7. The maximum atomic E-state index is 13.7. The van der Waals surface area contributed by atoms with Gasteiger partial charge in [-0.15, -0.1) is 0 Å². The number of anilines is 1. The first-order chi connectivity index (χ1) is 18.0. The van der Waals surface area contributed by atoms with Gasteiger partial charge in [-0.2, -0.15) is 0 Å². The van der Waals surface area contributed by atoms with Gasteiger partial charge in [0.2, 0.25) is 0 Å². The van der Waals surface area contributed by atoms with Crippen molar-refractivity contribution in [3.8, 4) is 22.3 Å². The highest BCUT2D eigenvalue weighted by Gasteiger charge is 2.19. The summed E-state index contributed by atoms with van der Waals surface area (Å²) in [6.45, 7) is 11.1. The molecule has 3 aromatic heterocycles. The van der Waals surface area contributed by atoms with Crippen LogP contribution in [0.25, 0.3) is 28.3 Å². The molecule has 0 bridgehead atoms. The first-order valence-electron chi connectivity index (χ1n) is 12.4. The second-order valence-electron chi connectivity index (χ2n) is 8.76. The molecule has 2 N–H and O–H groups in total. The van der Waals surface area contributed by atoms with Crippen molar-refractivity contribution in [2.45, 2.75) is 40.3 Å². The Bertz CT molecular complexity index is 1460. The van der Waals surface area contributed by atoms with Gasteiger partial charge in [-0.25, -0.2) is 4.98 Å². The number of nitrogens with one attached hydrogen (secondary N) is 2. The third-order valence-electron chi connectivity index (χ3n) is 6.41. The van der Waals surface area contributed by atoms with Crippen molar-refractivity contribution in [3.05, 3.63) is 94.5 Å². The summed E-state index contributed by atoms with van der Waals surface area (Å²) in [6.07, 6.45) is 9.55. The van der Waals surface area contributed by atoms with Gasteiger partial charge in [-0.1, -0.05) is 56.3 Å². The molecule has 8 heteroatoms. The van der Waals surface area contributed by atoms with Gasteiger partial charge < -0.3 is 10.3 Å². The predicted octanol–water partition coefficient (Wildman–Crippen LogP) is 6.67. The van der Waals surface area contributed by atoms with E-state index in [0.29, 0.717) is 35.1 Å². The van der Waals surface area contributed by atoms with Crippen LogP contribution in [0.15, 0.2) is 77.7 Å². The zero-order valence-corrected chi connectivity index (χ0v) is 22.1. The highest BCUT2D eigenvalue weighted by molar-refractivity contribution is 6.33. The molecule has 0 spiro atoms. The lowest BCUT2D eigenvalue weighted by Gasteiger charge is -2.22. The van der Waals surface area contributed by atoms with Gasteiger partial charge in [-0.05, 0) is 37.1 Å². The Morgan fingerprint density at radius 3 is 2.65 bits per heavy atom. The highest BCUT2D eigenvalue weighted by Crippen LogP contribution is 2.32. The summed E-state index contributed by atoms with van der Waals surface area (Å²) in [7, 11) is 0. The van der Waals surface area contributed by atoms with Crippen LogP contribution in [0.4, 0.5) is 5.82 Å². The third kappa shape index (κ3) is 5.73. The van der Waals surface area contributed by atoms with Crippen LogP contribution in [0.1, 0.15) is 38.4 Å². The molecule has 0 fully saturated rings. The summed E-state index contributed by atoms with van der Waals surface area (Å²) in [6, 6.07) is 11.4. The van der Waals surface area contributed by atoms with E-state index in [1.165, 1.54) is 0 Å². The number of benzene rings is 1. The summed E-state index contributed by atoms with van der Waals surface area (Å²) >= 11 is 6.71. The quantitative estimate of drug-likeness (QED) is 0.193. The van der Waals surface area contributed by atoms with Crippen LogP contribution >= 0.6 is 11.6 Å². The van der Waals surface area contributed by atoms with Crippen LogP contribution in [0, 0.1) is 5.92 Å². The van der Waals surface area contributed by atoms with Crippen molar-refractivity contribution in [1.82, 2.24) is 19.5 Å². The second-order valence-corrected chi connectivity index (χ2v) is 9.17. The number of halogens is 1. The van der Waals surface area contributed by atoms with Crippen LogP contribution in [0.2, 0.25) is 5.02 Å². The molecule has 0 saturated carbocycles. The van der Waals surface area contributed by atoms with Crippen LogP contribution in [0.5, 0.6) is 0 Å². The Morgan fingerprint density at radius 2 is 2.03 bits per heavy atom. The standard InChI is InChI=1S/C29H31ClN6O/c1-5-19(4)27(33-17-23-16-32-18-34-23)35-28-20(6-2)13-25(29(37)36(28)7-3)24-11-10-21(14-26(24)30)22-9-8-12-31-15-22/h6,8-16,18-19H,2,5,7,17H2,1,3-4H3,(H,32,34)(H,33,35). The molecule has 190 valence electrons.